The molecule has 2 rings (SSSR count). The summed E-state index contributed by atoms with van der Waals surface area (Å²) in [5.41, 5.74) is 1.95. The van der Waals surface area contributed by atoms with Gasteiger partial charge in [0.05, 0.1) is 0 Å². The zero-order chi connectivity index (χ0) is 10.2. The van der Waals surface area contributed by atoms with Crippen LogP contribution in [0.25, 0.3) is 0 Å². The van der Waals surface area contributed by atoms with Gasteiger partial charge in [-0.2, -0.15) is 0 Å². The van der Waals surface area contributed by atoms with Crippen LogP contribution in [0, 0.1) is 17.3 Å². The summed E-state index contributed by atoms with van der Waals surface area (Å²) in [5.74, 6) is 1.67. The standard InChI is InChI=1S/C14H22/c1-4-5-6-9-14(3)11(2)10-12-7-8-13(12)14/h7-8,12-13H,2,4-6,9-10H2,1,3H3/t12-,13?,14?/m0/s1. The van der Waals surface area contributed by atoms with Gasteiger partial charge in [0.2, 0.25) is 0 Å². The molecule has 0 nitrogen and oxygen atoms in total. The van der Waals surface area contributed by atoms with Crippen molar-refractivity contribution in [2.45, 2.75) is 46.0 Å². The number of fused-ring (bicyclic) bond motifs is 1. The largest absolute Gasteiger partial charge is 0.0993 e. The Hall–Kier alpha value is -0.520. The number of hydrogen-bond acceptors (Lipinski definition) is 0. The van der Waals surface area contributed by atoms with Crippen LogP contribution in [0.1, 0.15) is 46.0 Å². The summed E-state index contributed by atoms with van der Waals surface area (Å²) in [6.07, 6.45) is 11.5. The highest BCUT2D eigenvalue weighted by atomic mass is 14.5. The van der Waals surface area contributed by atoms with E-state index in [1.165, 1.54) is 37.7 Å². The smallest absolute Gasteiger partial charge is 0.00504 e. The molecule has 0 amide bonds. The molecule has 0 aromatic carbocycles. The van der Waals surface area contributed by atoms with Gasteiger partial charge in [0.25, 0.3) is 0 Å². The predicted octanol–water partition coefficient (Wildman–Crippen LogP) is 4.34. The summed E-state index contributed by atoms with van der Waals surface area (Å²) in [6, 6.07) is 0. The molecule has 0 N–H and O–H groups in total. The summed E-state index contributed by atoms with van der Waals surface area (Å²) in [4.78, 5) is 0. The van der Waals surface area contributed by atoms with Crippen molar-refractivity contribution in [1.82, 2.24) is 0 Å². The van der Waals surface area contributed by atoms with E-state index < -0.39 is 0 Å². The van der Waals surface area contributed by atoms with Crippen LogP contribution < -0.4 is 0 Å². The highest BCUT2D eigenvalue weighted by Gasteiger charge is 2.48. The fourth-order valence-corrected chi connectivity index (χ4v) is 3.10. The molecular formula is C14H22. The van der Waals surface area contributed by atoms with Crippen LogP contribution in [-0.2, 0) is 0 Å². The Morgan fingerprint density at radius 3 is 2.71 bits per heavy atom. The van der Waals surface area contributed by atoms with Gasteiger partial charge in [-0.15, -0.1) is 0 Å². The lowest BCUT2D eigenvalue weighted by Gasteiger charge is -2.36. The van der Waals surface area contributed by atoms with E-state index in [9.17, 15) is 0 Å². The van der Waals surface area contributed by atoms with Gasteiger partial charge in [-0.1, -0.05) is 57.4 Å². The highest BCUT2D eigenvalue weighted by molar-refractivity contribution is 5.31. The maximum Gasteiger partial charge on any atom is -0.00504 e. The van der Waals surface area contributed by atoms with Crippen molar-refractivity contribution in [3.8, 4) is 0 Å². The first-order valence-electron chi connectivity index (χ1n) is 6.05. The van der Waals surface area contributed by atoms with Crippen LogP contribution >= 0.6 is 0 Å². The lowest BCUT2D eigenvalue weighted by Crippen LogP contribution is -2.28. The Morgan fingerprint density at radius 2 is 2.21 bits per heavy atom. The zero-order valence-electron chi connectivity index (χ0n) is 9.55. The maximum absolute atomic E-state index is 4.29. The van der Waals surface area contributed by atoms with E-state index >= 15 is 0 Å². The molecule has 0 spiro atoms. The van der Waals surface area contributed by atoms with E-state index in [2.05, 4.69) is 32.6 Å². The second-order valence-corrected chi connectivity index (χ2v) is 5.26. The van der Waals surface area contributed by atoms with Crippen LogP contribution in [0.15, 0.2) is 24.3 Å². The molecule has 2 aliphatic carbocycles. The van der Waals surface area contributed by atoms with Gasteiger partial charge in [0, 0.05) is 0 Å². The minimum atomic E-state index is 0.439. The first-order chi connectivity index (χ1) is 6.68. The minimum Gasteiger partial charge on any atom is -0.0993 e. The van der Waals surface area contributed by atoms with E-state index in [1.807, 2.05) is 0 Å². The summed E-state index contributed by atoms with van der Waals surface area (Å²) in [7, 11) is 0. The van der Waals surface area contributed by atoms with Crippen molar-refractivity contribution in [3.63, 3.8) is 0 Å². The molecule has 3 atom stereocenters. The predicted molar refractivity (Wildman–Crippen MR) is 62.1 cm³/mol. The Bertz CT molecular complexity index is 261. The number of unbranched alkanes of at least 4 members (excludes halogenated alkanes) is 2. The molecule has 0 aromatic rings. The Morgan fingerprint density at radius 1 is 1.43 bits per heavy atom. The van der Waals surface area contributed by atoms with Gasteiger partial charge in [0.15, 0.2) is 0 Å². The van der Waals surface area contributed by atoms with Crippen LogP contribution in [0.3, 0.4) is 0 Å². The maximum atomic E-state index is 4.29. The zero-order valence-corrected chi connectivity index (χ0v) is 9.55. The van der Waals surface area contributed by atoms with Crippen molar-refractivity contribution in [1.29, 1.82) is 0 Å². The highest BCUT2D eigenvalue weighted by Crippen LogP contribution is 2.57. The van der Waals surface area contributed by atoms with E-state index in [0.29, 0.717) is 5.41 Å². The summed E-state index contributed by atoms with van der Waals surface area (Å²) in [6.45, 7) is 8.99. The SMILES string of the molecule is C=C1C[C@@H]2C=CC2C1(C)CCCCC. The molecule has 1 saturated carbocycles. The molecule has 0 bridgehead atoms. The third-order valence-electron chi connectivity index (χ3n) is 4.35. The number of hydrogen-bond donors (Lipinski definition) is 0. The molecule has 1 fully saturated rings. The van der Waals surface area contributed by atoms with Gasteiger partial charge in [-0.05, 0) is 30.1 Å². The van der Waals surface area contributed by atoms with Crippen LogP contribution in [0.4, 0.5) is 0 Å². The van der Waals surface area contributed by atoms with Crippen LogP contribution in [0.2, 0.25) is 0 Å². The van der Waals surface area contributed by atoms with Crippen LogP contribution in [-0.4, -0.2) is 0 Å². The Labute approximate surface area is 88.1 Å². The van der Waals surface area contributed by atoms with Crippen molar-refractivity contribution in [2.75, 3.05) is 0 Å². The van der Waals surface area contributed by atoms with Crippen molar-refractivity contribution >= 4 is 0 Å². The molecule has 0 radical (unpaired) electrons. The van der Waals surface area contributed by atoms with Gasteiger partial charge in [0.1, 0.15) is 0 Å². The topological polar surface area (TPSA) is 0 Å². The molecule has 78 valence electrons. The average Bonchev–Trinajstić information content (AvgIpc) is 2.26. The molecule has 14 heavy (non-hydrogen) atoms. The second-order valence-electron chi connectivity index (χ2n) is 5.26. The fourth-order valence-electron chi connectivity index (χ4n) is 3.10. The Balaban J connectivity index is 1.99. The summed E-state index contributed by atoms with van der Waals surface area (Å²) in [5, 5.41) is 0. The molecule has 0 saturated heterocycles. The van der Waals surface area contributed by atoms with E-state index in [0.717, 1.165) is 11.8 Å². The Kier molecular flexibility index (Phi) is 2.55. The first kappa shape index (κ1) is 10.0. The van der Waals surface area contributed by atoms with Crippen molar-refractivity contribution in [3.05, 3.63) is 24.3 Å². The lowest BCUT2D eigenvalue weighted by atomic mass is 9.68. The number of allylic oxidation sites excluding steroid dienone is 3. The fraction of sp³-hybridized carbons (Fsp3) is 0.714. The monoisotopic (exact) mass is 190 g/mol. The lowest BCUT2D eigenvalue weighted by molar-refractivity contribution is 0.249. The van der Waals surface area contributed by atoms with Gasteiger partial charge in [-0.25, -0.2) is 0 Å². The van der Waals surface area contributed by atoms with Gasteiger partial charge < -0.3 is 0 Å². The second kappa shape index (κ2) is 3.56. The number of rotatable bonds is 4. The van der Waals surface area contributed by atoms with E-state index in [4.69, 9.17) is 0 Å². The molecular weight excluding hydrogens is 168 g/mol. The van der Waals surface area contributed by atoms with Gasteiger partial charge in [-0.3, -0.25) is 0 Å². The third kappa shape index (κ3) is 1.36. The molecule has 0 aliphatic heterocycles. The average molecular weight is 190 g/mol. The molecule has 2 aliphatic rings. The third-order valence-corrected chi connectivity index (χ3v) is 4.35. The first-order valence-corrected chi connectivity index (χ1v) is 6.05. The normalized spacial score (nSPS) is 39.7. The minimum absolute atomic E-state index is 0.439. The van der Waals surface area contributed by atoms with Crippen molar-refractivity contribution < 1.29 is 0 Å². The van der Waals surface area contributed by atoms with Crippen molar-refractivity contribution in [2.24, 2.45) is 17.3 Å². The van der Waals surface area contributed by atoms with Crippen LogP contribution in [0.5, 0.6) is 0 Å². The molecule has 0 heteroatoms. The van der Waals surface area contributed by atoms with Gasteiger partial charge >= 0.3 is 0 Å². The molecule has 0 heterocycles. The van der Waals surface area contributed by atoms with E-state index in [1.54, 1.807) is 0 Å². The quantitative estimate of drug-likeness (QED) is 0.457. The summed E-state index contributed by atoms with van der Waals surface area (Å²) < 4.78 is 0. The molecule has 0 aromatic heterocycles. The summed E-state index contributed by atoms with van der Waals surface area (Å²) >= 11 is 0. The molecule has 2 unspecified atom stereocenters. The van der Waals surface area contributed by atoms with E-state index in [-0.39, 0.29) is 0 Å².